The van der Waals surface area contributed by atoms with Gasteiger partial charge in [0.15, 0.2) is 5.76 Å². The van der Waals surface area contributed by atoms with Crippen molar-refractivity contribution < 1.29 is 9.21 Å². The number of furan rings is 1. The van der Waals surface area contributed by atoms with Crippen LogP contribution in [0.2, 0.25) is 0 Å². The Bertz CT molecular complexity index is 881. The Hall–Kier alpha value is -2.33. The molecule has 0 aliphatic carbocycles. The summed E-state index contributed by atoms with van der Waals surface area (Å²) in [5.74, 6) is 0.395. The van der Waals surface area contributed by atoms with Crippen LogP contribution in [0.3, 0.4) is 0 Å². The Balaban J connectivity index is 1.87. The van der Waals surface area contributed by atoms with Crippen LogP contribution in [0.5, 0.6) is 0 Å². The first-order valence-corrected chi connectivity index (χ1v) is 7.61. The average molecular weight is 294 g/mol. The molecule has 1 fully saturated rings. The highest BCUT2D eigenvalue weighted by atomic mass is 16.3. The van der Waals surface area contributed by atoms with Gasteiger partial charge in [-0.15, -0.1) is 0 Å². The fraction of sp³-hybridized carbons (Fsp3) is 0.278. The lowest BCUT2D eigenvalue weighted by atomic mass is 10.1. The number of benzene rings is 2. The van der Waals surface area contributed by atoms with E-state index in [1.807, 2.05) is 37.3 Å². The van der Waals surface area contributed by atoms with Crippen molar-refractivity contribution >= 4 is 27.6 Å². The number of likely N-dealkylation sites (tertiary alicyclic amines) is 1. The SMILES string of the molecule is Cc1c(C(=O)N2CC[C@@H](N)C2)oc2c1ccc1ccccc12. The number of carbonyl (C=O) groups excluding carboxylic acids is 1. The Morgan fingerprint density at radius 1 is 1.23 bits per heavy atom. The molecule has 0 spiro atoms. The molecule has 1 amide bonds. The van der Waals surface area contributed by atoms with Crippen LogP contribution < -0.4 is 5.73 Å². The van der Waals surface area contributed by atoms with Crippen molar-refractivity contribution in [1.82, 2.24) is 4.90 Å². The second-order valence-electron chi connectivity index (χ2n) is 6.02. The molecule has 2 aromatic carbocycles. The van der Waals surface area contributed by atoms with Crippen molar-refractivity contribution in [3.8, 4) is 0 Å². The molecule has 1 aromatic heterocycles. The van der Waals surface area contributed by atoms with E-state index in [4.69, 9.17) is 10.2 Å². The van der Waals surface area contributed by atoms with Gasteiger partial charge in [-0.1, -0.05) is 36.4 Å². The van der Waals surface area contributed by atoms with Crippen LogP contribution in [0.1, 0.15) is 22.5 Å². The summed E-state index contributed by atoms with van der Waals surface area (Å²) in [6.45, 7) is 3.26. The molecule has 4 rings (SSSR count). The Kier molecular flexibility index (Phi) is 2.94. The summed E-state index contributed by atoms with van der Waals surface area (Å²) in [5, 5.41) is 3.16. The first kappa shape index (κ1) is 13.3. The molecule has 0 unspecified atom stereocenters. The van der Waals surface area contributed by atoms with Crippen LogP contribution >= 0.6 is 0 Å². The van der Waals surface area contributed by atoms with Crippen LogP contribution in [0.25, 0.3) is 21.7 Å². The van der Waals surface area contributed by atoms with E-state index in [1.54, 1.807) is 4.90 Å². The van der Waals surface area contributed by atoms with E-state index in [9.17, 15) is 4.79 Å². The van der Waals surface area contributed by atoms with E-state index >= 15 is 0 Å². The summed E-state index contributed by atoms with van der Waals surface area (Å²) in [5.41, 5.74) is 7.61. The van der Waals surface area contributed by atoms with Crippen LogP contribution in [-0.4, -0.2) is 29.9 Å². The lowest BCUT2D eigenvalue weighted by molar-refractivity contribution is 0.0761. The minimum atomic E-state index is -0.0502. The van der Waals surface area contributed by atoms with E-state index in [2.05, 4.69) is 6.07 Å². The monoisotopic (exact) mass is 294 g/mol. The molecular formula is C18H18N2O2. The molecule has 4 heteroatoms. The van der Waals surface area contributed by atoms with Gasteiger partial charge >= 0.3 is 0 Å². The zero-order valence-electron chi connectivity index (χ0n) is 12.5. The Labute approximate surface area is 128 Å². The quantitative estimate of drug-likeness (QED) is 0.750. The first-order valence-electron chi connectivity index (χ1n) is 7.61. The Morgan fingerprint density at radius 3 is 2.82 bits per heavy atom. The molecule has 0 bridgehead atoms. The maximum Gasteiger partial charge on any atom is 0.289 e. The van der Waals surface area contributed by atoms with Crippen molar-refractivity contribution in [3.63, 3.8) is 0 Å². The Morgan fingerprint density at radius 2 is 2.05 bits per heavy atom. The fourth-order valence-corrected chi connectivity index (χ4v) is 3.27. The maximum atomic E-state index is 12.7. The normalized spacial score (nSPS) is 18.5. The van der Waals surface area contributed by atoms with Gasteiger partial charge in [0.1, 0.15) is 5.58 Å². The van der Waals surface area contributed by atoms with E-state index in [0.29, 0.717) is 18.8 Å². The maximum absolute atomic E-state index is 12.7. The minimum Gasteiger partial charge on any atom is -0.450 e. The highest BCUT2D eigenvalue weighted by molar-refractivity contribution is 6.08. The summed E-state index contributed by atoms with van der Waals surface area (Å²) >= 11 is 0. The molecule has 0 radical (unpaired) electrons. The smallest absolute Gasteiger partial charge is 0.289 e. The molecule has 22 heavy (non-hydrogen) atoms. The van der Waals surface area contributed by atoms with Crippen LogP contribution in [0.15, 0.2) is 40.8 Å². The number of fused-ring (bicyclic) bond motifs is 3. The van der Waals surface area contributed by atoms with Gasteiger partial charge in [-0.3, -0.25) is 4.79 Å². The zero-order valence-corrected chi connectivity index (χ0v) is 12.5. The number of hydrogen-bond acceptors (Lipinski definition) is 3. The summed E-state index contributed by atoms with van der Waals surface area (Å²) < 4.78 is 5.99. The molecule has 1 aliphatic heterocycles. The third-order valence-corrected chi connectivity index (χ3v) is 4.53. The number of rotatable bonds is 1. The highest BCUT2D eigenvalue weighted by Gasteiger charge is 2.28. The molecular weight excluding hydrogens is 276 g/mol. The largest absolute Gasteiger partial charge is 0.450 e. The summed E-state index contributed by atoms with van der Waals surface area (Å²) in [7, 11) is 0. The molecule has 3 aromatic rings. The standard InChI is InChI=1S/C18H18N2O2/c1-11-14-7-6-12-4-2-3-5-15(12)17(14)22-16(11)18(21)20-9-8-13(19)10-20/h2-7,13H,8-10,19H2,1H3/t13-/m1/s1. The van der Waals surface area contributed by atoms with Gasteiger partial charge in [-0.25, -0.2) is 0 Å². The van der Waals surface area contributed by atoms with Gasteiger partial charge in [0.05, 0.1) is 0 Å². The number of amides is 1. The lowest BCUT2D eigenvalue weighted by Crippen LogP contribution is -2.31. The van der Waals surface area contributed by atoms with Gasteiger partial charge < -0.3 is 15.1 Å². The predicted octanol–water partition coefficient (Wildman–Crippen LogP) is 3.07. The molecule has 4 nitrogen and oxygen atoms in total. The number of hydrogen-bond donors (Lipinski definition) is 1. The van der Waals surface area contributed by atoms with Gasteiger partial charge in [-0.2, -0.15) is 0 Å². The van der Waals surface area contributed by atoms with Crippen molar-refractivity contribution in [1.29, 1.82) is 0 Å². The summed E-state index contributed by atoms with van der Waals surface area (Å²) in [4.78, 5) is 14.5. The average Bonchev–Trinajstić information content (AvgIpc) is 3.11. The molecule has 1 atom stereocenters. The highest BCUT2D eigenvalue weighted by Crippen LogP contribution is 2.32. The minimum absolute atomic E-state index is 0.0502. The zero-order chi connectivity index (χ0) is 15.3. The molecule has 0 saturated carbocycles. The van der Waals surface area contributed by atoms with Gasteiger partial charge in [-0.05, 0) is 18.7 Å². The number of carbonyl (C=O) groups is 1. The van der Waals surface area contributed by atoms with Gasteiger partial charge in [0.25, 0.3) is 5.91 Å². The molecule has 2 heterocycles. The number of aryl methyl sites for hydroxylation is 1. The van der Waals surface area contributed by atoms with Crippen molar-refractivity contribution in [3.05, 3.63) is 47.7 Å². The topological polar surface area (TPSA) is 59.5 Å². The molecule has 1 saturated heterocycles. The van der Waals surface area contributed by atoms with Crippen LogP contribution in [0, 0.1) is 6.92 Å². The van der Waals surface area contributed by atoms with E-state index in [-0.39, 0.29) is 11.9 Å². The number of nitrogens with zero attached hydrogens (tertiary/aromatic N) is 1. The fourth-order valence-electron chi connectivity index (χ4n) is 3.27. The number of nitrogens with two attached hydrogens (primary N) is 1. The van der Waals surface area contributed by atoms with Crippen molar-refractivity contribution in [2.75, 3.05) is 13.1 Å². The lowest BCUT2D eigenvalue weighted by Gasteiger charge is -2.14. The third kappa shape index (κ3) is 1.91. The predicted molar refractivity (Wildman–Crippen MR) is 87.0 cm³/mol. The van der Waals surface area contributed by atoms with E-state index < -0.39 is 0 Å². The van der Waals surface area contributed by atoms with Crippen molar-refractivity contribution in [2.45, 2.75) is 19.4 Å². The van der Waals surface area contributed by atoms with Gasteiger partial charge in [0, 0.05) is 35.5 Å². The van der Waals surface area contributed by atoms with Crippen molar-refractivity contribution in [2.24, 2.45) is 5.73 Å². The molecule has 2 N–H and O–H groups in total. The summed E-state index contributed by atoms with van der Waals surface area (Å²) in [6.07, 6.45) is 0.855. The molecule has 1 aliphatic rings. The second-order valence-corrected chi connectivity index (χ2v) is 6.02. The van der Waals surface area contributed by atoms with Crippen LogP contribution in [0.4, 0.5) is 0 Å². The molecule has 112 valence electrons. The second kappa shape index (κ2) is 4.85. The third-order valence-electron chi connectivity index (χ3n) is 4.53. The van der Waals surface area contributed by atoms with Gasteiger partial charge in [0.2, 0.25) is 0 Å². The summed E-state index contributed by atoms with van der Waals surface area (Å²) in [6, 6.07) is 12.2. The van der Waals surface area contributed by atoms with E-state index in [0.717, 1.165) is 33.7 Å². The first-order chi connectivity index (χ1) is 10.6. The van der Waals surface area contributed by atoms with E-state index in [1.165, 1.54) is 0 Å². The van der Waals surface area contributed by atoms with Crippen LogP contribution in [-0.2, 0) is 0 Å².